The van der Waals surface area contributed by atoms with Gasteiger partial charge in [-0.05, 0) is 0 Å². The van der Waals surface area contributed by atoms with E-state index in [1.165, 1.54) is 17.7 Å². The molecule has 0 aliphatic carbocycles. The summed E-state index contributed by atoms with van der Waals surface area (Å²) in [4.78, 5) is 21.2. The summed E-state index contributed by atoms with van der Waals surface area (Å²) >= 11 is 1.49. The van der Waals surface area contributed by atoms with E-state index in [9.17, 15) is 4.79 Å². The lowest BCUT2D eigenvalue weighted by molar-refractivity contribution is 0.0830. The first-order chi connectivity index (χ1) is 6.70. The standard InChI is InChI=1S/C9H9N3OS/c1-12(2)9(13)6-4-14-7-3-10-5-11-8(6)7/h3-5H,1-2H3. The molecule has 4 nitrogen and oxygen atoms in total. The third kappa shape index (κ3) is 1.35. The van der Waals surface area contributed by atoms with Crippen LogP contribution in [0.15, 0.2) is 17.9 Å². The van der Waals surface area contributed by atoms with E-state index in [1.54, 1.807) is 25.2 Å². The SMILES string of the molecule is CN(C)C(=O)c1csc2cncnc12. The lowest BCUT2D eigenvalue weighted by Gasteiger charge is -2.08. The zero-order valence-corrected chi connectivity index (χ0v) is 8.71. The zero-order valence-electron chi connectivity index (χ0n) is 7.89. The van der Waals surface area contributed by atoms with Crippen LogP contribution in [0.5, 0.6) is 0 Å². The Kier molecular flexibility index (Phi) is 2.17. The minimum absolute atomic E-state index is 0.0186. The summed E-state index contributed by atoms with van der Waals surface area (Å²) in [6.07, 6.45) is 3.18. The summed E-state index contributed by atoms with van der Waals surface area (Å²) in [5, 5.41) is 1.82. The molecule has 14 heavy (non-hydrogen) atoms. The van der Waals surface area contributed by atoms with Crippen LogP contribution in [-0.4, -0.2) is 34.9 Å². The molecule has 0 spiro atoms. The van der Waals surface area contributed by atoms with Crippen LogP contribution in [-0.2, 0) is 0 Å². The van der Waals surface area contributed by atoms with Crippen molar-refractivity contribution in [2.24, 2.45) is 0 Å². The smallest absolute Gasteiger partial charge is 0.256 e. The largest absolute Gasteiger partial charge is 0.345 e. The van der Waals surface area contributed by atoms with E-state index in [0.717, 1.165) is 10.2 Å². The first kappa shape index (κ1) is 9.08. The Morgan fingerprint density at radius 1 is 1.50 bits per heavy atom. The van der Waals surface area contributed by atoms with Crippen LogP contribution < -0.4 is 0 Å². The highest BCUT2D eigenvalue weighted by Crippen LogP contribution is 2.23. The van der Waals surface area contributed by atoms with E-state index >= 15 is 0 Å². The van der Waals surface area contributed by atoms with Crippen LogP contribution in [0.2, 0.25) is 0 Å². The third-order valence-corrected chi connectivity index (χ3v) is 2.78. The van der Waals surface area contributed by atoms with Crippen molar-refractivity contribution in [3.05, 3.63) is 23.5 Å². The number of rotatable bonds is 1. The topological polar surface area (TPSA) is 46.1 Å². The molecule has 72 valence electrons. The average molecular weight is 207 g/mol. The minimum Gasteiger partial charge on any atom is -0.345 e. The number of thiophene rings is 1. The van der Waals surface area contributed by atoms with Gasteiger partial charge < -0.3 is 4.90 Å². The van der Waals surface area contributed by atoms with E-state index < -0.39 is 0 Å². The third-order valence-electron chi connectivity index (χ3n) is 1.87. The summed E-state index contributed by atoms with van der Waals surface area (Å²) in [7, 11) is 3.46. The van der Waals surface area contributed by atoms with E-state index in [0.29, 0.717) is 5.56 Å². The molecule has 0 unspecified atom stereocenters. The van der Waals surface area contributed by atoms with Gasteiger partial charge in [-0.1, -0.05) is 0 Å². The average Bonchev–Trinajstić information content (AvgIpc) is 2.60. The maximum Gasteiger partial charge on any atom is 0.256 e. The lowest BCUT2D eigenvalue weighted by atomic mass is 10.2. The number of hydrogen-bond donors (Lipinski definition) is 0. The highest BCUT2D eigenvalue weighted by molar-refractivity contribution is 7.17. The van der Waals surface area contributed by atoms with E-state index in [1.807, 2.05) is 5.38 Å². The van der Waals surface area contributed by atoms with Gasteiger partial charge in [0.2, 0.25) is 0 Å². The second-order valence-electron chi connectivity index (χ2n) is 3.08. The van der Waals surface area contributed by atoms with Gasteiger partial charge in [-0.2, -0.15) is 0 Å². The van der Waals surface area contributed by atoms with Crippen LogP contribution >= 0.6 is 11.3 Å². The summed E-state index contributed by atoms with van der Waals surface area (Å²) in [5.41, 5.74) is 1.39. The Labute approximate surface area is 85.2 Å². The molecule has 2 aromatic heterocycles. The summed E-state index contributed by atoms with van der Waals surface area (Å²) < 4.78 is 0.942. The second kappa shape index (κ2) is 3.34. The van der Waals surface area contributed by atoms with E-state index in [2.05, 4.69) is 9.97 Å². The van der Waals surface area contributed by atoms with Gasteiger partial charge in [0.15, 0.2) is 0 Å². The first-order valence-electron chi connectivity index (χ1n) is 4.09. The van der Waals surface area contributed by atoms with Crippen molar-refractivity contribution in [2.45, 2.75) is 0 Å². The fourth-order valence-corrected chi connectivity index (χ4v) is 2.03. The Morgan fingerprint density at radius 2 is 2.29 bits per heavy atom. The van der Waals surface area contributed by atoms with Gasteiger partial charge in [0.05, 0.1) is 15.8 Å². The molecule has 0 aromatic carbocycles. The summed E-state index contributed by atoms with van der Waals surface area (Å²) in [6.45, 7) is 0. The van der Waals surface area contributed by atoms with Crippen LogP contribution in [0.25, 0.3) is 10.2 Å². The maximum absolute atomic E-state index is 11.7. The molecule has 1 amide bonds. The number of fused-ring (bicyclic) bond motifs is 1. The molecule has 0 radical (unpaired) electrons. The summed E-state index contributed by atoms with van der Waals surface area (Å²) in [5.74, 6) is -0.0186. The highest BCUT2D eigenvalue weighted by atomic mass is 32.1. The zero-order chi connectivity index (χ0) is 10.1. The molecule has 5 heteroatoms. The van der Waals surface area contributed by atoms with Gasteiger partial charge >= 0.3 is 0 Å². The Hall–Kier alpha value is -1.49. The number of carbonyl (C=O) groups is 1. The lowest BCUT2D eigenvalue weighted by Crippen LogP contribution is -2.21. The van der Waals surface area contributed by atoms with E-state index in [4.69, 9.17) is 0 Å². The monoisotopic (exact) mass is 207 g/mol. The van der Waals surface area contributed by atoms with Gasteiger partial charge in [0, 0.05) is 25.7 Å². The molecular formula is C9H9N3OS. The van der Waals surface area contributed by atoms with Crippen molar-refractivity contribution in [1.82, 2.24) is 14.9 Å². The Morgan fingerprint density at radius 3 is 3.00 bits per heavy atom. The van der Waals surface area contributed by atoms with Gasteiger partial charge in [-0.3, -0.25) is 4.79 Å². The van der Waals surface area contributed by atoms with Gasteiger partial charge in [0.25, 0.3) is 5.91 Å². The van der Waals surface area contributed by atoms with Crippen LogP contribution in [0, 0.1) is 0 Å². The number of hydrogen-bond acceptors (Lipinski definition) is 4. The molecule has 0 bridgehead atoms. The molecule has 2 heterocycles. The Bertz CT molecular complexity index is 478. The molecule has 0 saturated heterocycles. The number of amides is 1. The molecule has 0 aliphatic heterocycles. The molecule has 0 aliphatic rings. The molecule has 0 atom stereocenters. The predicted molar refractivity (Wildman–Crippen MR) is 55.4 cm³/mol. The van der Waals surface area contributed by atoms with Crippen molar-refractivity contribution in [1.29, 1.82) is 0 Å². The van der Waals surface area contributed by atoms with E-state index in [-0.39, 0.29) is 5.91 Å². The first-order valence-corrected chi connectivity index (χ1v) is 4.97. The maximum atomic E-state index is 11.7. The van der Waals surface area contributed by atoms with Gasteiger partial charge in [-0.25, -0.2) is 9.97 Å². The fraction of sp³-hybridized carbons (Fsp3) is 0.222. The fourth-order valence-electron chi connectivity index (χ4n) is 1.18. The van der Waals surface area contributed by atoms with Crippen molar-refractivity contribution < 1.29 is 4.79 Å². The van der Waals surface area contributed by atoms with Crippen molar-refractivity contribution in [2.75, 3.05) is 14.1 Å². The molecule has 2 rings (SSSR count). The molecule has 0 fully saturated rings. The highest BCUT2D eigenvalue weighted by Gasteiger charge is 2.14. The van der Waals surface area contributed by atoms with Crippen LogP contribution in [0.4, 0.5) is 0 Å². The molecule has 0 saturated carbocycles. The number of aromatic nitrogens is 2. The molecule has 2 aromatic rings. The van der Waals surface area contributed by atoms with Crippen molar-refractivity contribution in [3.63, 3.8) is 0 Å². The van der Waals surface area contributed by atoms with Crippen LogP contribution in [0.1, 0.15) is 10.4 Å². The normalized spacial score (nSPS) is 10.4. The second-order valence-corrected chi connectivity index (χ2v) is 4.00. The Balaban J connectivity index is 2.58. The van der Waals surface area contributed by atoms with Gasteiger partial charge in [0.1, 0.15) is 6.33 Å². The number of carbonyl (C=O) groups excluding carboxylic acids is 1. The van der Waals surface area contributed by atoms with Gasteiger partial charge in [-0.15, -0.1) is 11.3 Å². The summed E-state index contributed by atoms with van der Waals surface area (Å²) in [6, 6.07) is 0. The molecular weight excluding hydrogens is 198 g/mol. The van der Waals surface area contributed by atoms with Crippen molar-refractivity contribution >= 4 is 27.5 Å². The van der Waals surface area contributed by atoms with Crippen LogP contribution in [0.3, 0.4) is 0 Å². The predicted octanol–water partition coefficient (Wildman–Crippen LogP) is 1.39. The minimum atomic E-state index is -0.0186. The quantitative estimate of drug-likeness (QED) is 0.710. The number of nitrogens with zero attached hydrogens (tertiary/aromatic N) is 3. The van der Waals surface area contributed by atoms with Crippen molar-refractivity contribution in [3.8, 4) is 0 Å². The molecule has 0 N–H and O–H groups in total.